The predicted octanol–water partition coefficient (Wildman–Crippen LogP) is 2.29. The van der Waals surface area contributed by atoms with Crippen LogP contribution in [0.3, 0.4) is 0 Å². The number of likely N-dealkylation sites (N-methyl/N-ethyl adjacent to an activating group) is 1. The van der Waals surface area contributed by atoms with Crippen LogP contribution in [-0.2, 0) is 4.79 Å². The van der Waals surface area contributed by atoms with E-state index in [1.807, 2.05) is 54.7 Å². The zero-order chi connectivity index (χ0) is 17.4. The van der Waals surface area contributed by atoms with Gasteiger partial charge in [-0.25, -0.2) is 0 Å². The predicted molar refractivity (Wildman–Crippen MR) is 97.1 cm³/mol. The van der Waals surface area contributed by atoms with Crippen molar-refractivity contribution >= 4 is 23.2 Å². The van der Waals surface area contributed by atoms with Crippen LogP contribution in [0, 0.1) is 0 Å². The average Bonchev–Trinajstić information content (AvgIpc) is 3.09. The number of nitrogens with zero attached hydrogens (tertiary/aromatic N) is 1. The molecule has 0 spiro atoms. The van der Waals surface area contributed by atoms with E-state index in [9.17, 15) is 9.59 Å². The SMILES string of the molecule is CN(C)CC(NC(=O)CCNC(=O)c1ccsc1)c1ccccc1. The Morgan fingerprint density at radius 3 is 2.54 bits per heavy atom. The minimum Gasteiger partial charge on any atom is -0.351 e. The number of nitrogens with one attached hydrogen (secondary N) is 2. The summed E-state index contributed by atoms with van der Waals surface area (Å²) >= 11 is 1.47. The van der Waals surface area contributed by atoms with Crippen molar-refractivity contribution in [3.63, 3.8) is 0 Å². The summed E-state index contributed by atoms with van der Waals surface area (Å²) in [5, 5.41) is 9.45. The average molecular weight is 345 g/mol. The van der Waals surface area contributed by atoms with Gasteiger partial charge in [0.2, 0.25) is 5.91 Å². The van der Waals surface area contributed by atoms with Crippen molar-refractivity contribution in [1.82, 2.24) is 15.5 Å². The molecule has 0 radical (unpaired) electrons. The molecule has 0 fully saturated rings. The van der Waals surface area contributed by atoms with Crippen LogP contribution in [0.15, 0.2) is 47.2 Å². The molecular weight excluding hydrogens is 322 g/mol. The first-order valence-electron chi connectivity index (χ1n) is 7.85. The lowest BCUT2D eigenvalue weighted by atomic mass is 10.1. The van der Waals surface area contributed by atoms with Crippen molar-refractivity contribution in [2.75, 3.05) is 27.2 Å². The fourth-order valence-electron chi connectivity index (χ4n) is 2.34. The fraction of sp³-hybridized carbons (Fsp3) is 0.333. The van der Waals surface area contributed by atoms with Crippen LogP contribution in [0.2, 0.25) is 0 Å². The van der Waals surface area contributed by atoms with E-state index < -0.39 is 0 Å². The molecule has 1 aromatic heterocycles. The van der Waals surface area contributed by atoms with Gasteiger partial charge in [0.25, 0.3) is 5.91 Å². The van der Waals surface area contributed by atoms with Crippen LogP contribution in [0.25, 0.3) is 0 Å². The Morgan fingerprint density at radius 1 is 1.17 bits per heavy atom. The van der Waals surface area contributed by atoms with Crippen LogP contribution in [-0.4, -0.2) is 43.9 Å². The number of carbonyl (C=O) groups is 2. The number of rotatable bonds is 8. The van der Waals surface area contributed by atoms with E-state index in [-0.39, 0.29) is 24.3 Å². The molecule has 1 unspecified atom stereocenters. The van der Waals surface area contributed by atoms with Gasteiger partial charge in [0.15, 0.2) is 0 Å². The number of thiophene rings is 1. The molecule has 128 valence electrons. The van der Waals surface area contributed by atoms with E-state index in [2.05, 4.69) is 10.6 Å². The van der Waals surface area contributed by atoms with Gasteiger partial charge in [-0.15, -0.1) is 0 Å². The van der Waals surface area contributed by atoms with E-state index >= 15 is 0 Å². The molecule has 24 heavy (non-hydrogen) atoms. The van der Waals surface area contributed by atoms with Gasteiger partial charge in [-0.05, 0) is 31.1 Å². The van der Waals surface area contributed by atoms with Crippen LogP contribution < -0.4 is 10.6 Å². The van der Waals surface area contributed by atoms with Gasteiger partial charge in [0.1, 0.15) is 0 Å². The molecule has 1 heterocycles. The van der Waals surface area contributed by atoms with Crippen LogP contribution in [0.4, 0.5) is 0 Å². The van der Waals surface area contributed by atoms with Gasteiger partial charge in [0.05, 0.1) is 6.04 Å². The number of hydrogen-bond donors (Lipinski definition) is 2. The number of benzene rings is 1. The molecule has 1 atom stereocenters. The smallest absolute Gasteiger partial charge is 0.252 e. The van der Waals surface area contributed by atoms with Gasteiger partial charge in [-0.1, -0.05) is 30.3 Å². The van der Waals surface area contributed by atoms with E-state index in [0.29, 0.717) is 12.1 Å². The molecule has 5 nitrogen and oxygen atoms in total. The maximum absolute atomic E-state index is 12.2. The third-order valence-electron chi connectivity index (χ3n) is 3.51. The lowest BCUT2D eigenvalue weighted by molar-refractivity contribution is -0.121. The number of carbonyl (C=O) groups excluding carboxylic acids is 2. The van der Waals surface area contributed by atoms with E-state index in [0.717, 1.165) is 12.1 Å². The van der Waals surface area contributed by atoms with Crippen molar-refractivity contribution in [3.8, 4) is 0 Å². The van der Waals surface area contributed by atoms with Crippen LogP contribution >= 0.6 is 11.3 Å². The monoisotopic (exact) mass is 345 g/mol. The highest BCUT2D eigenvalue weighted by Crippen LogP contribution is 2.13. The normalized spacial score (nSPS) is 12.0. The summed E-state index contributed by atoms with van der Waals surface area (Å²) in [5.41, 5.74) is 1.71. The van der Waals surface area contributed by atoms with Gasteiger partial charge in [0, 0.05) is 30.5 Å². The molecule has 2 amide bonds. The Bertz CT molecular complexity index is 642. The Kier molecular flexibility index (Phi) is 6.96. The second-order valence-corrected chi connectivity index (χ2v) is 6.59. The summed E-state index contributed by atoms with van der Waals surface area (Å²) < 4.78 is 0. The molecule has 2 rings (SSSR count). The summed E-state index contributed by atoms with van der Waals surface area (Å²) in [6.45, 7) is 1.04. The minimum absolute atomic E-state index is 0.0683. The van der Waals surface area contributed by atoms with E-state index in [1.54, 1.807) is 11.4 Å². The maximum Gasteiger partial charge on any atom is 0.252 e. The summed E-state index contributed by atoms with van der Waals surface area (Å²) in [5.74, 6) is -0.215. The summed E-state index contributed by atoms with van der Waals surface area (Å²) in [7, 11) is 3.95. The van der Waals surface area contributed by atoms with E-state index in [1.165, 1.54) is 11.3 Å². The molecular formula is C18H23N3O2S. The number of hydrogen-bond acceptors (Lipinski definition) is 4. The van der Waals surface area contributed by atoms with Crippen molar-refractivity contribution in [1.29, 1.82) is 0 Å². The Hall–Kier alpha value is -2.18. The standard InChI is InChI=1S/C18H23N3O2S/c1-21(2)12-16(14-6-4-3-5-7-14)20-17(22)8-10-19-18(23)15-9-11-24-13-15/h3-7,9,11,13,16H,8,10,12H2,1-2H3,(H,19,23)(H,20,22). The molecule has 0 saturated carbocycles. The highest BCUT2D eigenvalue weighted by atomic mass is 32.1. The third kappa shape index (κ3) is 5.79. The van der Waals surface area contributed by atoms with Gasteiger partial charge in [-0.3, -0.25) is 9.59 Å². The highest BCUT2D eigenvalue weighted by molar-refractivity contribution is 7.08. The molecule has 0 aliphatic heterocycles. The maximum atomic E-state index is 12.2. The Morgan fingerprint density at radius 2 is 1.92 bits per heavy atom. The van der Waals surface area contributed by atoms with Crippen LogP contribution in [0.5, 0.6) is 0 Å². The summed E-state index contributed by atoms with van der Waals surface area (Å²) in [6.07, 6.45) is 0.257. The molecule has 0 saturated heterocycles. The molecule has 2 N–H and O–H groups in total. The van der Waals surface area contributed by atoms with E-state index in [4.69, 9.17) is 0 Å². The van der Waals surface area contributed by atoms with Crippen molar-refractivity contribution in [2.24, 2.45) is 0 Å². The lowest BCUT2D eigenvalue weighted by Crippen LogP contribution is -2.37. The third-order valence-corrected chi connectivity index (χ3v) is 4.19. The second-order valence-electron chi connectivity index (χ2n) is 5.81. The largest absolute Gasteiger partial charge is 0.351 e. The molecule has 2 aromatic rings. The Balaban J connectivity index is 1.83. The lowest BCUT2D eigenvalue weighted by Gasteiger charge is -2.23. The Labute approximate surface area is 146 Å². The molecule has 6 heteroatoms. The van der Waals surface area contributed by atoms with Crippen molar-refractivity contribution in [2.45, 2.75) is 12.5 Å². The first-order valence-corrected chi connectivity index (χ1v) is 8.80. The van der Waals surface area contributed by atoms with Gasteiger partial charge >= 0.3 is 0 Å². The minimum atomic E-state index is -0.142. The quantitative estimate of drug-likeness (QED) is 0.772. The van der Waals surface area contributed by atoms with Crippen LogP contribution in [0.1, 0.15) is 28.4 Å². The highest BCUT2D eigenvalue weighted by Gasteiger charge is 2.15. The zero-order valence-corrected chi connectivity index (χ0v) is 14.8. The topological polar surface area (TPSA) is 61.4 Å². The van der Waals surface area contributed by atoms with Gasteiger partial charge < -0.3 is 15.5 Å². The number of amides is 2. The van der Waals surface area contributed by atoms with Crippen molar-refractivity contribution in [3.05, 3.63) is 58.3 Å². The fourth-order valence-corrected chi connectivity index (χ4v) is 2.97. The molecule has 0 aliphatic carbocycles. The first-order chi connectivity index (χ1) is 11.6. The molecule has 0 bridgehead atoms. The molecule has 1 aromatic carbocycles. The first kappa shape index (κ1) is 18.2. The van der Waals surface area contributed by atoms with Gasteiger partial charge in [-0.2, -0.15) is 11.3 Å². The summed E-state index contributed by atoms with van der Waals surface area (Å²) in [4.78, 5) is 26.1. The summed E-state index contributed by atoms with van der Waals surface area (Å²) in [6, 6.07) is 11.6. The molecule has 0 aliphatic rings. The zero-order valence-electron chi connectivity index (χ0n) is 14.0. The second kappa shape index (κ2) is 9.20. The van der Waals surface area contributed by atoms with Crippen molar-refractivity contribution < 1.29 is 9.59 Å².